The number of H-pyrrole nitrogens is 1. The minimum absolute atomic E-state index is 0.0319. The summed E-state index contributed by atoms with van der Waals surface area (Å²) < 4.78 is 5.35. The van der Waals surface area contributed by atoms with Crippen LogP contribution in [0.4, 0.5) is 5.69 Å². The van der Waals surface area contributed by atoms with Crippen LogP contribution in [0.15, 0.2) is 42.6 Å². The van der Waals surface area contributed by atoms with Crippen LogP contribution in [0, 0.1) is 6.92 Å². The number of carbonyl (C=O) groups is 1. The molecule has 0 bridgehead atoms. The molecule has 0 saturated carbocycles. The van der Waals surface area contributed by atoms with E-state index in [-0.39, 0.29) is 5.91 Å². The standard InChI is InChI=1S/C23H26ClN3O2/c1-15-11-21(22(29-2)12-19(15)24)26-23(28)14-27-9-7-16(8-10-27)18-13-25-20-6-4-3-5-17(18)20/h3-6,11-13,16,25H,7-10,14H2,1-2H3,(H,26,28). The van der Waals surface area contributed by atoms with Gasteiger partial charge in [-0.2, -0.15) is 0 Å². The Hall–Kier alpha value is -2.50. The van der Waals surface area contributed by atoms with Crippen LogP contribution < -0.4 is 10.1 Å². The van der Waals surface area contributed by atoms with E-state index >= 15 is 0 Å². The molecule has 0 aliphatic carbocycles. The highest BCUT2D eigenvalue weighted by Crippen LogP contribution is 2.33. The van der Waals surface area contributed by atoms with Crippen molar-refractivity contribution in [3.63, 3.8) is 0 Å². The number of rotatable bonds is 5. The fourth-order valence-electron chi connectivity index (χ4n) is 4.16. The molecule has 5 nitrogen and oxygen atoms in total. The molecular weight excluding hydrogens is 386 g/mol. The number of ether oxygens (including phenoxy) is 1. The van der Waals surface area contributed by atoms with Gasteiger partial charge in [-0.15, -0.1) is 0 Å². The Kier molecular flexibility index (Phi) is 5.79. The number of anilines is 1. The van der Waals surface area contributed by atoms with Crippen LogP contribution in [0.5, 0.6) is 5.75 Å². The number of fused-ring (bicyclic) bond motifs is 1. The van der Waals surface area contributed by atoms with Crippen LogP contribution in [0.3, 0.4) is 0 Å². The SMILES string of the molecule is COc1cc(Cl)c(C)cc1NC(=O)CN1CCC(c2c[nH]c3ccccc23)CC1. The maximum absolute atomic E-state index is 12.6. The molecule has 6 heteroatoms. The molecule has 1 amide bonds. The number of para-hydroxylation sites is 1. The highest BCUT2D eigenvalue weighted by Gasteiger charge is 2.24. The number of hydrogen-bond acceptors (Lipinski definition) is 3. The zero-order chi connectivity index (χ0) is 20.4. The monoisotopic (exact) mass is 411 g/mol. The van der Waals surface area contributed by atoms with Crippen LogP contribution in [-0.4, -0.2) is 42.5 Å². The third kappa shape index (κ3) is 4.26. The van der Waals surface area contributed by atoms with E-state index in [2.05, 4.69) is 45.7 Å². The summed E-state index contributed by atoms with van der Waals surface area (Å²) in [6, 6.07) is 12.0. The Morgan fingerprint density at radius 3 is 2.79 bits per heavy atom. The number of methoxy groups -OCH3 is 1. The summed E-state index contributed by atoms with van der Waals surface area (Å²) in [5, 5.41) is 4.91. The Morgan fingerprint density at radius 1 is 1.28 bits per heavy atom. The van der Waals surface area contributed by atoms with E-state index in [0.717, 1.165) is 31.5 Å². The van der Waals surface area contributed by atoms with E-state index < -0.39 is 0 Å². The number of aryl methyl sites for hydroxylation is 1. The zero-order valence-electron chi connectivity index (χ0n) is 16.8. The second kappa shape index (κ2) is 8.47. The normalized spacial score (nSPS) is 15.6. The Morgan fingerprint density at radius 2 is 2.03 bits per heavy atom. The third-order valence-corrected chi connectivity index (χ3v) is 6.18. The van der Waals surface area contributed by atoms with E-state index in [4.69, 9.17) is 16.3 Å². The van der Waals surface area contributed by atoms with Crippen LogP contribution in [0.25, 0.3) is 10.9 Å². The molecule has 1 aliphatic rings. The average Bonchev–Trinajstić information content (AvgIpc) is 3.15. The lowest BCUT2D eigenvalue weighted by Gasteiger charge is -2.31. The number of likely N-dealkylation sites (tertiary alicyclic amines) is 1. The average molecular weight is 412 g/mol. The maximum atomic E-state index is 12.6. The fourth-order valence-corrected chi connectivity index (χ4v) is 4.31. The van der Waals surface area contributed by atoms with Gasteiger partial charge in [0.05, 0.1) is 19.3 Å². The number of nitrogens with one attached hydrogen (secondary N) is 2. The van der Waals surface area contributed by atoms with Gasteiger partial charge in [0, 0.05) is 28.2 Å². The Labute approximate surface area is 176 Å². The summed E-state index contributed by atoms with van der Waals surface area (Å²) in [5.74, 6) is 1.08. The zero-order valence-corrected chi connectivity index (χ0v) is 17.6. The van der Waals surface area contributed by atoms with Gasteiger partial charge >= 0.3 is 0 Å². The Balaban J connectivity index is 1.35. The number of halogens is 1. The first-order valence-electron chi connectivity index (χ1n) is 9.97. The minimum atomic E-state index is -0.0319. The fraction of sp³-hybridized carbons (Fsp3) is 0.348. The molecule has 29 heavy (non-hydrogen) atoms. The summed E-state index contributed by atoms with van der Waals surface area (Å²) in [7, 11) is 1.58. The van der Waals surface area contributed by atoms with Crippen molar-refractivity contribution < 1.29 is 9.53 Å². The molecule has 1 aromatic heterocycles. The molecule has 3 aromatic rings. The van der Waals surface area contributed by atoms with E-state index in [1.807, 2.05) is 13.0 Å². The van der Waals surface area contributed by atoms with Gasteiger partial charge in [-0.25, -0.2) is 0 Å². The second-order valence-electron chi connectivity index (χ2n) is 7.69. The largest absolute Gasteiger partial charge is 0.495 e. The first kappa shape index (κ1) is 19.8. The quantitative estimate of drug-likeness (QED) is 0.624. The molecule has 152 valence electrons. The maximum Gasteiger partial charge on any atom is 0.238 e. The molecule has 0 unspecified atom stereocenters. The molecule has 0 radical (unpaired) electrons. The highest BCUT2D eigenvalue weighted by molar-refractivity contribution is 6.31. The number of carbonyl (C=O) groups excluding carboxylic acids is 1. The highest BCUT2D eigenvalue weighted by atomic mass is 35.5. The van der Waals surface area contributed by atoms with Crippen LogP contribution in [0.2, 0.25) is 5.02 Å². The van der Waals surface area contributed by atoms with Crippen LogP contribution in [-0.2, 0) is 4.79 Å². The van der Waals surface area contributed by atoms with E-state index in [9.17, 15) is 4.79 Å². The van der Waals surface area contributed by atoms with Gasteiger partial charge in [0.2, 0.25) is 5.91 Å². The first-order chi connectivity index (χ1) is 14.0. The van der Waals surface area contributed by atoms with Gasteiger partial charge in [0.15, 0.2) is 0 Å². The summed E-state index contributed by atoms with van der Waals surface area (Å²) in [5.41, 5.74) is 4.15. The van der Waals surface area contributed by atoms with Gasteiger partial charge < -0.3 is 15.0 Å². The van der Waals surface area contributed by atoms with Gasteiger partial charge in [0.1, 0.15) is 5.75 Å². The molecule has 1 fully saturated rings. The van der Waals surface area contributed by atoms with Gasteiger partial charge in [-0.3, -0.25) is 9.69 Å². The number of hydrogen-bond donors (Lipinski definition) is 2. The van der Waals surface area contributed by atoms with Crippen LogP contribution >= 0.6 is 11.6 Å². The lowest BCUT2D eigenvalue weighted by atomic mass is 9.89. The number of benzene rings is 2. The van der Waals surface area contributed by atoms with E-state index in [1.165, 1.54) is 16.5 Å². The number of nitrogens with zero attached hydrogens (tertiary/aromatic N) is 1. The molecule has 0 atom stereocenters. The topological polar surface area (TPSA) is 57.4 Å². The molecule has 0 spiro atoms. The minimum Gasteiger partial charge on any atom is -0.495 e. The predicted molar refractivity (Wildman–Crippen MR) is 118 cm³/mol. The van der Waals surface area contributed by atoms with Crippen molar-refractivity contribution in [1.29, 1.82) is 0 Å². The van der Waals surface area contributed by atoms with E-state index in [0.29, 0.717) is 28.9 Å². The van der Waals surface area contributed by atoms with Crippen molar-refractivity contribution in [3.05, 3.63) is 58.7 Å². The van der Waals surface area contributed by atoms with Crippen molar-refractivity contribution in [2.75, 3.05) is 32.1 Å². The molecule has 1 saturated heterocycles. The number of aromatic amines is 1. The Bertz CT molecular complexity index is 1020. The van der Waals surface area contributed by atoms with Crippen molar-refractivity contribution in [2.45, 2.75) is 25.7 Å². The van der Waals surface area contributed by atoms with Crippen molar-refractivity contribution in [2.24, 2.45) is 0 Å². The van der Waals surface area contributed by atoms with Crippen molar-refractivity contribution >= 4 is 34.1 Å². The van der Waals surface area contributed by atoms with Gasteiger partial charge in [-0.05, 0) is 62.0 Å². The lowest BCUT2D eigenvalue weighted by molar-refractivity contribution is -0.117. The molecule has 2 heterocycles. The molecule has 2 aromatic carbocycles. The lowest BCUT2D eigenvalue weighted by Crippen LogP contribution is -2.38. The third-order valence-electron chi connectivity index (χ3n) is 5.77. The summed E-state index contributed by atoms with van der Waals surface area (Å²) in [6.45, 7) is 4.11. The van der Waals surface area contributed by atoms with Gasteiger partial charge in [-0.1, -0.05) is 29.8 Å². The van der Waals surface area contributed by atoms with Crippen LogP contribution in [0.1, 0.15) is 29.9 Å². The van der Waals surface area contributed by atoms with Crippen molar-refractivity contribution in [3.8, 4) is 5.75 Å². The first-order valence-corrected chi connectivity index (χ1v) is 10.4. The number of aromatic nitrogens is 1. The number of amides is 1. The summed E-state index contributed by atoms with van der Waals surface area (Å²) >= 11 is 6.15. The number of piperidine rings is 1. The smallest absolute Gasteiger partial charge is 0.238 e. The van der Waals surface area contributed by atoms with Gasteiger partial charge in [0.25, 0.3) is 0 Å². The summed E-state index contributed by atoms with van der Waals surface area (Å²) in [4.78, 5) is 18.2. The second-order valence-corrected chi connectivity index (χ2v) is 8.10. The summed E-state index contributed by atoms with van der Waals surface area (Å²) in [6.07, 6.45) is 4.25. The van der Waals surface area contributed by atoms with Crippen molar-refractivity contribution in [1.82, 2.24) is 9.88 Å². The molecule has 2 N–H and O–H groups in total. The molecule has 1 aliphatic heterocycles. The van der Waals surface area contributed by atoms with E-state index in [1.54, 1.807) is 13.2 Å². The molecular formula is C23H26ClN3O2. The molecule has 4 rings (SSSR count). The predicted octanol–water partition coefficient (Wildman–Crippen LogP) is 4.96.